The Balaban J connectivity index is 3.17. The van der Waals surface area contributed by atoms with E-state index >= 15 is 0 Å². The molecule has 0 aliphatic rings. The summed E-state index contributed by atoms with van der Waals surface area (Å²) in [6.07, 6.45) is 1.02. The zero-order valence-electron chi connectivity index (χ0n) is 9.59. The first-order valence-corrected chi connectivity index (χ1v) is 5.21. The lowest BCUT2D eigenvalue weighted by molar-refractivity contribution is 0.281. The van der Waals surface area contributed by atoms with Crippen LogP contribution in [0.2, 0.25) is 0 Å². The highest BCUT2D eigenvalue weighted by Crippen LogP contribution is 2.24. The highest BCUT2D eigenvalue weighted by Gasteiger charge is 2.14. The van der Waals surface area contributed by atoms with Gasteiger partial charge in [-0.1, -0.05) is 45.9 Å². The van der Waals surface area contributed by atoms with E-state index in [0.29, 0.717) is 0 Å². The molecule has 0 atom stereocenters. The molecule has 0 unspecified atom stereocenters. The third kappa shape index (κ3) is 2.58. The van der Waals surface area contributed by atoms with E-state index in [9.17, 15) is 0 Å². The molecule has 0 amide bonds. The van der Waals surface area contributed by atoms with E-state index in [-0.39, 0.29) is 12.0 Å². The van der Waals surface area contributed by atoms with Gasteiger partial charge < -0.3 is 5.11 Å². The minimum Gasteiger partial charge on any atom is -0.392 e. The standard InChI is InChI=1S/C13H20O/c1-5-10-6-11(9-14)8-12(7-10)13(2,3)4/h6-8,14H,5,9H2,1-4H3. The molecule has 0 aliphatic heterocycles. The summed E-state index contributed by atoms with van der Waals surface area (Å²) in [5.41, 5.74) is 3.80. The summed E-state index contributed by atoms with van der Waals surface area (Å²) in [6, 6.07) is 6.41. The summed E-state index contributed by atoms with van der Waals surface area (Å²) in [5.74, 6) is 0. The van der Waals surface area contributed by atoms with Crippen molar-refractivity contribution in [1.29, 1.82) is 0 Å². The van der Waals surface area contributed by atoms with Crippen LogP contribution in [-0.2, 0) is 18.4 Å². The fourth-order valence-corrected chi connectivity index (χ4v) is 1.49. The van der Waals surface area contributed by atoms with Crippen molar-refractivity contribution in [2.75, 3.05) is 0 Å². The maximum atomic E-state index is 9.15. The van der Waals surface area contributed by atoms with E-state index < -0.39 is 0 Å². The predicted octanol–water partition coefficient (Wildman–Crippen LogP) is 3.04. The normalized spacial score (nSPS) is 11.8. The molecule has 0 aliphatic carbocycles. The summed E-state index contributed by atoms with van der Waals surface area (Å²) in [5, 5.41) is 9.15. The molecule has 0 heterocycles. The summed E-state index contributed by atoms with van der Waals surface area (Å²) < 4.78 is 0. The molecule has 78 valence electrons. The maximum Gasteiger partial charge on any atom is 0.0682 e. The van der Waals surface area contributed by atoms with Crippen LogP contribution in [0.25, 0.3) is 0 Å². The van der Waals surface area contributed by atoms with Gasteiger partial charge in [-0.3, -0.25) is 0 Å². The van der Waals surface area contributed by atoms with Gasteiger partial charge in [0.05, 0.1) is 6.61 Å². The van der Waals surface area contributed by atoms with Crippen LogP contribution in [0.15, 0.2) is 18.2 Å². The quantitative estimate of drug-likeness (QED) is 0.763. The number of aryl methyl sites for hydroxylation is 1. The van der Waals surface area contributed by atoms with Crippen molar-refractivity contribution in [3.8, 4) is 0 Å². The first-order chi connectivity index (χ1) is 6.47. The van der Waals surface area contributed by atoms with E-state index in [1.54, 1.807) is 0 Å². The van der Waals surface area contributed by atoms with Gasteiger partial charge in [0.15, 0.2) is 0 Å². The number of benzene rings is 1. The van der Waals surface area contributed by atoms with Crippen LogP contribution >= 0.6 is 0 Å². The van der Waals surface area contributed by atoms with Crippen LogP contribution in [0.4, 0.5) is 0 Å². The molecule has 1 aromatic rings. The van der Waals surface area contributed by atoms with Gasteiger partial charge in [0, 0.05) is 0 Å². The maximum absolute atomic E-state index is 9.15. The molecule has 1 aromatic carbocycles. The average Bonchev–Trinajstić information content (AvgIpc) is 2.15. The van der Waals surface area contributed by atoms with Crippen molar-refractivity contribution in [2.45, 2.75) is 46.1 Å². The molecule has 1 rings (SSSR count). The molecule has 0 bridgehead atoms. The molecule has 0 spiro atoms. The van der Waals surface area contributed by atoms with Crippen molar-refractivity contribution in [2.24, 2.45) is 0 Å². The van der Waals surface area contributed by atoms with Crippen molar-refractivity contribution < 1.29 is 5.11 Å². The van der Waals surface area contributed by atoms with Gasteiger partial charge >= 0.3 is 0 Å². The molecular formula is C13H20O. The molecule has 0 aromatic heterocycles. The Morgan fingerprint density at radius 1 is 1.07 bits per heavy atom. The van der Waals surface area contributed by atoms with E-state index in [1.807, 2.05) is 0 Å². The SMILES string of the molecule is CCc1cc(CO)cc(C(C)(C)C)c1. The molecule has 1 heteroatoms. The van der Waals surface area contributed by atoms with Gasteiger partial charge in [-0.25, -0.2) is 0 Å². The second-order valence-electron chi connectivity index (χ2n) is 4.80. The molecule has 0 saturated heterocycles. The minimum absolute atomic E-state index is 0.136. The van der Waals surface area contributed by atoms with Gasteiger partial charge in [0.2, 0.25) is 0 Å². The minimum atomic E-state index is 0.136. The zero-order valence-corrected chi connectivity index (χ0v) is 9.59. The Hall–Kier alpha value is -0.820. The summed E-state index contributed by atoms with van der Waals surface area (Å²) in [7, 11) is 0. The molecule has 0 radical (unpaired) electrons. The van der Waals surface area contributed by atoms with Crippen LogP contribution in [0.3, 0.4) is 0 Å². The van der Waals surface area contributed by atoms with Crippen molar-refractivity contribution >= 4 is 0 Å². The van der Waals surface area contributed by atoms with Crippen LogP contribution in [0.1, 0.15) is 44.4 Å². The molecule has 14 heavy (non-hydrogen) atoms. The van der Waals surface area contributed by atoms with Crippen LogP contribution in [0.5, 0.6) is 0 Å². The molecule has 1 N–H and O–H groups in total. The number of hydrogen-bond donors (Lipinski definition) is 1. The Kier molecular flexibility index (Phi) is 3.33. The molecule has 1 nitrogen and oxygen atoms in total. The molecule has 0 fully saturated rings. The fourth-order valence-electron chi connectivity index (χ4n) is 1.49. The Morgan fingerprint density at radius 2 is 1.64 bits per heavy atom. The lowest BCUT2D eigenvalue weighted by Gasteiger charge is -2.20. The lowest BCUT2D eigenvalue weighted by atomic mass is 9.85. The lowest BCUT2D eigenvalue weighted by Crippen LogP contribution is -2.12. The second-order valence-corrected chi connectivity index (χ2v) is 4.80. The highest BCUT2D eigenvalue weighted by molar-refractivity contribution is 5.33. The summed E-state index contributed by atoms with van der Waals surface area (Å²) in [4.78, 5) is 0. The first-order valence-electron chi connectivity index (χ1n) is 5.21. The molecular weight excluding hydrogens is 172 g/mol. The Bertz CT molecular complexity index is 285. The smallest absolute Gasteiger partial charge is 0.0682 e. The van der Waals surface area contributed by atoms with Gasteiger partial charge in [0.1, 0.15) is 0 Å². The molecule has 0 saturated carbocycles. The first kappa shape index (κ1) is 11.3. The predicted molar refractivity (Wildman–Crippen MR) is 60.4 cm³/mol. The topological polar surface area (TPSA) is 20.2 Å². The zero-order chi connectivity index (χ0) is 10.8. The van der Waals surface area contributed by atoms with Crippen molar-refractivity contribution in [3.63, 3.8) is 0 Å². The van der Waals surface area contributed by atoms with Crippen LogP contribution in [-0.4, -0.2) is 5.11 Å². The van der Waals surface area contributed by atoms with E-state index in [2.05, 4.69) is 45.9 Å². The van der Waals surface area contributed by atoms with Gasteiger partial charge in [0.25, 0.3) is 0 Å². The van der Waals surface area contributed by atoms with Gasteiger partial charge in [-0.2, -0.15) is 0 Å². The largest absolute Gasteiger partial charge is 0.392 e. The fraction of sp³-hybridized carbons (Fsp3) is 0.538. The number of hydrogen-bond acceptors (Lipinski definition) is 1. The Morgan fingerprint density at radius 3 is 2.07 bits per heavy atom. The van der Waals surface area contributed by atoms with Crippen molar-refractivity contribution in [3.05, 3.63) is 34.9 Å². The monoisotopic (exact) mass is 192 g/mol. The number of aliphatic hydroxyl groups excluding tert-OH is 1. The summed E-state index contributed by atoms with van der Waals surface area (Å²) in [6.45, 7) is 8.87. The number of rotatable bonds is 2. The van der Waals surface area contributed by atoms with Gasteiger partial charge in [-0.05, 0) is 28.5 Å². The second kappa shape index (κ2) is 4.14. The van der Waals surface area contributed by atoms with Crippen LogP contribution in [0, 0.1) is 0 Å². The van der Waals surface area contributed by atoms with Crippen LogP contribution < -0.4 is 0 Å². The van der Waals surface area contributed by atoms with Gasteiger partial charge in [-0.15, -0.1) is 0 Å². The Labute approximate surface area is 86.8 Å². The third-order valence-electron chi connectivity index (χ3n) is 2.51. The van der Waals surface area contributed by atoms with E-state index in [1.165, 1.54) is 11.1 Å². The number of aliphatic hydroxyl groups is 1. The van der Waals surface area contributed by atoms with Crippen molar-refractivity contribution in [1.82, 2.24) is 0 Å². The average molecular weight is 192 g/mol. The highest BCUT2D eigenvalue weighted by atomic mass is 16.3. The van der Waals surface area contributed by atoms with E-state index in [0.717, 1.165) is 12.0 Å². The van der Waals surface area contributed by atoms with E-state index in [4.69, 9.17) is 5.11 Å². The third-order valence-corrected chi connectivity index (χ3v) is 2.51. The summed E-state index contributed by atoms with van der Waals surface area (Å²) >= 11 is 0.